The van der Waals surface area contributed by atoms with Crippen LogP contribution in [0.1, 0.15) is 94.4 Å². The largest absolute Gasteiger partial charge is 0.353 e. The number of hydrogen-bond donors (Lipinski definition) is 2. The first kappa shape index (κ1) is 22.0. The van der Waals surface area contributed by atoms with E-state index in [1.165, 1.54) is 0 Å². The number of carbonyl (C=O) groups is 2. The monoisotopic (exact) mass is 352 g/mol. The minimum absolute atomic E-state index is 0.0743. The summed E-state index contributed by atoms with van der Waals surface area (Å²) in [6.45, 7) is 18.6. The van der Waals surface area contributed by atoms with Gasteiger partial charge >= 0.3 is 0 Å². The normalized spacial score (nSPS) is 26.8. The Hall–Kier alpha value is -1.06. The second kappa shape index (κ2) is 7.28. The number of amides is 2. The van der Waals surface area contributed by atoms with E-state index in [9.17, 15) is 9.59 Å². The van der Waals surface area contributed by atoms with Crippen LogP contribution >= 0.6 is 0 Å². The van der Waals surface area contributed by atoms with Crippen LogP contribution in [-0.4, -0.2) is 23.4 Å². The lowest BCUT2D eigenvalue weighted by molar-refractivity contribution is -0.133. The average molecular weight is 353 g/mol. The molecule has 2 amide bonds. The molecule has 2 unspecified atom stereocenters. The Morgan fingerprint density at radius 1 is 0.920 bits per heavy atom. The zero-order valence-corrected chi connectivity index (χ0v) is 17.9. The molecule has 0 aromatic carbocycles. The summed E-state index contributed by atoms with van der Waals surface area (Å²) < 4.78 is 0. The summed E-state index contributed by atoms with van der Waals surface area (Å²) in [6.07, 6.45) is 4.28. The standard InChI is InChI=1S/C21H40N2O2/c1-10-19(5,6)16(24)22-15-12-18(3,4)14-21(9,13-15)23-17(25)20(7,8)11-2/h15H,10-14H2,1-9H3,(H,22,24)(H,23,25). The Bertz CT molecular complexity index is 508. The SMILES string of the molecule is CCC(C)(C)C(=O)NC1CC(C)(C)CC(C)(NC(=O)C(C)(C)CC)C1. The molecule has 2 N–H and O–H groups in total. The van der Waals surface area contributed by atoms with Crippen LogP contribution in [0.2, 0.25) is 0 Å². The topological polar surface area (TPSA) is 58.2 Å². The van der Waals surface area contributed by atoms with Crippen LogP contribution in [-0.2, 0) is 9.59 Å². The molecular formula is C21H40N2O2. The summed E-state index contributed by atoms with van der Waals surface area (Å²) in [5.41, 5.74) is -0.941. The van der Waals surface area contributed by atoms with Crippen molar-refractivity contribution in [2.75, 3.05) is 0 Å². The Morgan fingerprint density at radius 2 is 1.40 bits per heavy atom. The molecule has 1 rings (SSSR count). The van der Waals surface area contributed by atoms with Crippen molar-refractivity contribution in [2.45, 2.75) is 106 Å². The van der Waals surface area contributed by atoms with Crippen molar-refractivity contribution >= 4 is 11.8 Å². The van der Waals surface area contributed by atoms with E-state index in [4.69, 9.17) is 0 Å². The first-order chi connectivity index (χ1) is 11.2. The van der Waals surface area contributed by atoms with Gasteiger partial charge in [-0.1, -0.05) is 55.4 Å². The maximum atomic E-state index is 12.7. The fourth-order valence-electron chi connectivity index (χ4n) is 3.83. The third-order valence-electron chi connectivity index (χ3n) is 6.11. The molecule has 1 aliphatic rings. The first-order valence-electron chi connectivity index (χ1n) is 9.80. The molecule has 0 aromatic heterocycles. The van der Waals surface area contributed by atoms with E-state index < -0.39 is 0 Å². The highest BCUT2D eigenvalue weighted by molar-refractivity contribution is 5.83. The Morgan fingerprint density at radius 3 is 1.88 bits per heavy atom. The van der Waals surface area contributed by atoms with Crippen LogP contribution in [0.4, 0.5) is 0 Å². The fraction of sp³-hybridized carbons (Fsp3) is 0.905. The molecule has 2 atom stereocenters. The van der Waals surface area contributed by atoms with Crippen molar-refractivity contribution in [3.63, 3.8) is 0 Å². The lowest BCUT2D eigenvalue weighted by Gasteiger charge is -2.48. The third-order valence-corrected chi connectivity index (χ3v) is 6.11. The number of nitrogens with one attached hydrogen (secondary N) is 2. The van der Waals surface area contributed by atoms with Gasteiger partial charge in [-0.25, -0.2) is 0 Å². The van der Waals surface area contributed by atoms with Gasteiger partial charge in [-0.15, -0.1) is 0 Å². The Kier molecular flexibility index (Phi) is 6.40. The van der Waals surface area contributed by atoms with Crippen LogP contribution < -0.4 is 10.6 Å². The number of carbonyl (C=O) groups excluding carboxylic acids is 2. The number of rotatable bonds is 6. The van der Waals surface area contributed by atoms with Crippen LogP contribution in [0.15, 0.2) is 0 Å². The van der Waals surface area contributed by atoms with Gasteiger partial charge in [-0.05, 0) is 44.4 Å². The molecule has 1 saturated carbocycles. The maximum Gasteiger partial charge on any atom is 0.226 e. The summed E-state index contributed by atoms with van der Waals surface area (Å²) in [5.74, 6) is 0.217. The van der Waals surface area contributed by atoms with Crippen molar-refractivity contribution < 1.29 is 9.59 Å². The second-order valence-corrected chi connectivity index (χ2v) is 10.4. The first-order valence-corrected chi connectivity index (χ1v) is 9.80. The lowest BCUT2D eigenvalue weighted by atomic mass is 9.66. The summed E-state index contributed by atoms with van der Waals surface area (Å²) in [7, 11) is 0. The van der Waals surface area contributed by atoms with E-state index in [0.717, 1.165) is 32.1 Å². The van der Waals surface area contributed by atoms with Crippen molar-refractivity contribution in [3.05, 3.63) is 0 Å². The molecule has 1 aliphatic carbocycles. The molecule has 0 bridgehead atoms. The molecule has 0 aromatic rings. The van der Waals surface area contributed by atoms with Gasteiger partial charge in [0, 0.05) is 22.4 Å². The zero-order chi connectivity index (χ0) is 19.7. The van der Waals surface area contributed by atoms with Crippen LogP contribution in [0, 0.1) is 16.2 Å². The smallest absolute Gasteiger partial charge is 0.226 e. The van der Waals surface area contributed by atoms with Gasteiger partial charge in [0.25, 0.3) is 0 Å². The van der Waals surface area contributed by atoms with Crippen molar-refractivity contribution in [2.24, 2.45) is 16.2 Å². The average Bonchev–Trinajstić information content (AvgIpc) is 2.44. The van der Waals surface area contributed by atoms with Gasteiger partial charge in [-0.3, -0.25) is 9.59 Å². The maximum absolute atomic E-state index is 12.7. The Balaban J connectivity index is 2.92. The highest BCUT2D eigenvalue weighted by Gasteiger charge is 2.44. The molecule has 0 heterocycles. The quantitative estimate of drug-likeness (QED) is 0.743. The van der Waals surface area contributed by atoms with Crippen molar-refractivity contribution in [1.29, 1.82) is 0 Å². The summed E-state index contributed by atoms with van der Waals surface area (Å²) in [6, 6.07) is 0.0945. The van der Waals surface area contributed by atoms with Crippen molar-refractivity contribution in [1.82, 2.24) is 10.6 Å². The lowest BCUT2D eigenvalue weighted by Crippen LogP contribution is -2.59. The van der Waals surface area contributed by atoms with E-state index >= 15 is 0 Å². The predicted molar refractivity (Wildman–Crippen MR) is 104 cm³/mol. The van der Waals surface area contributed by atoms with E-state index in [1.54, 1.807) is 0 Å². The van der Waals surface area contributed by atoms with E-state index in [1.807, 2.05) is 41.5 Å². The van der Waals surface area contributed by atoms with E-state index in [2.05, 4.69) is 31.4 Å². The zero-order valence-electron chi connectivity index (χ0n) is 17.9. The Labute approximate surface area is 154 Å². The molecular weight excluding hydrogens is 312 g/mol. The molecule has 0 spiro atoms. The summed E-state index contributed by atoms with van der Waals surface area (Å²) >= 11 is 0. The fourth-order valence-corrected chi connectivity index (χ4v) is 3.83. The number of hydrogen-bond acceptors (Lipinski definition) is 2. The summed E-state index contributed by atoms with van der Waals surface area (Å²) in [4.78, 5) is 25.3. The molecule has 0 aliphatic heterocycles. The molecule has 4 nitrogen and oxygen atoms in total. The minimum atomic E-state index is -0.368. The van der Waals surface area contributed by atoms with Crippen LogP contribution in [0.25, 0.3) is 0 Å². The molecule has 0 radical (unpaired) electrons. The highest BCUT2D eigenvalue weighted by atomic mass is 16.2. The molecule has 25 heavy (non-hydrogen) atoms. The van der Waals surface area contributed by atoms with E-state index in [-0.39, 0.29) is 39.6 Å². The van der Waals surface area contributed by atoms with E-state index in [0.29, 0.717) is 0 Å². The highest BCUT2D eigenvalue weighted by Crippen LogP contribution is 2.42. The molecule has 0 saturated heterocycles. The van der Waals surface area contributed by atoms with Crippen LogP contribution in [0.3, 0.4) is 0 Å². The van der Waals surface area contributed by atoms with Crippen molar-refractivity contribution in [3.8, 4) is 0 Å². The predicted octanol–water partition coefficient (Wildman–Crippen LogP) is 4.43. The van der Waals surface area contributed by atoms with Gasteiger partial charge in [0.05, 0.1) is 0 Å². The van der Waals surface area contributed by atoms with Crippen LogP contribution in [0.5, 0.6) is 0 Å². The van der Waals surface area contributed by atoms with Gasteiger partial charge in [0.2, 0.25) is 11.8 Å². The van der Waals surface area contributed by atoms with Gasteiger partial charge < -0.3 is 10.6 Å². The van der Waals surface area contributed by atoms with Gasteiger partial charge in [-0.2, -0.15) is 0 Å². The minimum Gasteiger partial charge on any atom is -0.353 e. The molecule has 1 fully saturated rings. The molecule has 4 heteroatoms. The van der Waals surface area contributed by atoms with Gasteiger partial charge in [0.1, 0.15) is 0 Å². The second-order valence-electron chi connectivity index (χ2n) is 10.4. The summed E-state index contributed by atoms with van der Waals surface area (Å²) in [5, 5.41) is 6.56. The third kappa shape index (κ3) is 5.72. The molecule has 146 valence electrons. The van der Waals surface area contributed by atoms with Gasteiger partial charge in [0.15, 0.2) is 0 Å².